The van der Waals surface area contributed by atoms with E-state index in [9.17, 15) is 5.11 Å². The maximum atomic E-state index is 10.0. The molecule has 3 N–H and O–H groups in total. The Morgan fingerprint density at radius 3 is 1.95 bits per heavy atom. The van der Waals surface area contributed by atoms with E-state index in [1.54, 1.807) is 24.3 Å². The van der Waals surface area contributed by atoms with Crippen LogP contribution in [0.1, 0.15) is 5.56 Å². The zero-order chi connectivity index (χ0) is 13.7. The third-order valence-corrected chi connectivity index (χ3v) is 2.68. The van der Waals surface area contributed by atoms with Crippen LogP contribution in [0, 0.1) is 0 Å². The first kappa shape index (κ1) is 12.8. The average molecular weight is 254 g/mol. The summed E-state index contributed by atoms with van der Waals surface area (Å²) in [6.45, 7) is 0. The first-order valence-corrected chi connectivity index (χ1v) is 5.82. The molecule has 0 fully saturated rings. The van der Waals surface area contributed by atoms with E-state index in [0.29, 0.717) is 5.22 Å². The van der Waals surface area contributed by atoms with Crippen molar-refractivity contribution in [2.45, 2.75) is 0 Å². The van der Waals surface area contributed by atoms with Crippen LogP contribution in [-0.4, -0.2) is 15.3 Å². The Morgan fingerprint density at radius 1 is 0.737 bits per heavy atom. The molecule has 3 heteroatoms. The molecule has 0 saturated heterocycles. The zero-order valence-corrected chi connectivity index (χ0v) is 10.2. The molecule has 19 heavy (non-hydrogen) atoms. The summed E-state index contributed by atoms with van der Waals surface area (Å²) in [5.74, 6) is -0.838. The number of hydrogen-bond acceptors (Lipinski definition) is 3. The molecule has 0 amide bonds. The van der Waals surface area contributed by atoms with Gasteiger partial charge in [-0.15, -0.1) is 0 Å². The van der Waals surface area contributed by atoms with Crippen LogP contribution >= 0.6 is 0 Å². The van der Waals surface area contributed by atoms with Crippen molar-refractivity contribution in [3.8, 4) is 0 Å². The monoisotopic (exact) mass is 254 g/mol. The predicted molar refractivity (Wildman–Crippen MR) is 75.9 cm³/mol. The highest BCUT2D eigenvalue weighted by molar-refractivity contribution is 5.62. The van der Waals surface area contributed by atoms with Crippen molar-refractivity contribution in [1.82, 2.24) is 0 Å². The van der Waals surface area contributed by atoms with Crippen LogP contribution in [0.2, 0.25) is 0 Å². The standard InChI is InChI=1S/C16H14O3/c17-15(11-10-12-6-2-1-3-7-12)13-8-4-5-9-14(13)16(18)19/h1-11,17-19H. The average Bonchev–Trinajstić information content (AvgIpc) is 2.46. The van der Waals surface area contributed by atoms with Crippen LogP contribution in [-0.2, 0) is 0 Å². The molecule has 0 radical (unpaired) electrons. The van der Waals surface area contributed by atoms with Gasteiger partial charge in [0.1, 0.15) is 5.76 Å². The molecule has 2 aromatic carbocycles. The van der Waals surface area contributed by atoms with Gasteiger partial charge in [-0.05, 0) is 17.7 Å². The van der Waals surface area contributed by atoms with Gasteiger partial charge in [-0.2, -0.15) is 0 Å². The first-order chi connectivity index (χ1) is 9.18. The third-order valence-electron chi connectivity index (χ3n) is 2.68. The molecular formula is C16H14O3. The van der Waals surface area contributed by atoms with Gasteiger partial charge in [-0.3, -0.25) is 0 Å². The summed E-state index contributed by atoms with van der Waals surface area (Å²) in [5, 5.41) is 28.9. The van der Waals surface area contributed by atoms with E-state index in [2.05, 4.69) is 0 Å². The second kappa shape index (κ2) is 5.78. The lowest BCUT2D eigenvalue weighted by molar-refractivity contribution is 0.297. The maximum Gasteiger partial charge on any atom is 0.282 e. The number of rotatable bonds is 2. The van der Waals surface area contributed by atoms with Crippen molar-refractivity contribution in [2.24, 2.45) is 0 Å². The molecular weight excluding hydrogens is 240 g/mol. The van der Waals surface area contributed by atoms with Gasteiger partial charge in [0.2, 0.25) is 0 Å². The van der Waals surface area contributed by atoms with Gasteiger partial charge in [-0.25, -0.2) is 0 Å². The minimum Gasteiger partial charge on any atom is -0.507 e. The van der Waals surface area contributed by atoms with Crippen LogP contribution in [0.15, 0.2) is 60.7 Å². The molecule has 0 spiro atoms. The van der Waals surface area contributed by atoms with E-state index in [-0.39, 0.29) is 11.0 Å². The SMILES string of the molecule is OC(O)=c1ccccc1=C(O)C=Cc1ccccc1. The fourth-order valence-electron chi connectivity index (χ4n) is 1.73. The summed E-state index contributed by atoms with van der Waals surface area (Å²) >= 11 is 0. The Labute approximate surface area is 110 Å². The fraction of sp³-hybridized carbons (Fsp3) is 0. The fourth-order valence-corrected chi connectivity index (χ4v) is 1.73. The molecule has 0 heterocycles. The zero-order valence-electron chi connectivity index (χ0n) is 10.2. The minimum absolute atomic E-state index is 0.0277. The molecule has 0 aliphatic heterocycles. The quantitative estimate of drug-likeness (QED) is 0.770. The lowest BCUT2D eigenvalue weighted by atomic mass is 10.1. The molecule has 0 aromatic heterocycles. The predicted octanol–water partition coefficient (Wildman–Crippen LogP) is 2.25. The second-order valence-electron chi connectivity index (χ2n) is 4.00. The molecule has 0 atom stereocenters. The van der Waals surface area contributed by atoms with E-state index in [1.807, 2.05) is 30.3 Å². The molecule has 3 nitrogen and oxygen atoms in total. The van der Waals surface area contributed by atoms with Gasteiger partial charge in [0, 0.05) is 5.22 Å². The molecule has 2 aromatic rings. The van der Waals surface area contributed by atoms with Crippen molar-refractivity contribution in [2.75, 3.05) is 0 Å². The second-order valence-corrected chi connectivity index (χ2v) is 4.00. The number of aliphatic hydroxyl groups is 3. The maximum absolute atomic E-state index is 10.0. The van der Waals surface area contributed by atoms with E-state index in [1.165, 1.54) is 12.1 Å². The van der Waals surface area contributed by atoms with E-state index in [4.69, 9.17) is 10.2 Å². The lowest BCUT2D eigenvalue weighted by Crippen LogP contribution is -2.28. The Hall–Kier alpha value is -2.68. The summed E-state index contributed by atoms with van der Waals surface area (Å²) in [6, 6.07) is 16.1. The van der Waals surface area contributed by atoms with Gasteiger partial charge >= 0.3 is 0 Å². The summed E-state index contributed by atoms with van der Waals surface area (Å²) < 4.78 is 0. The number of benzene rings is 2. The number of aliphatic hydroxyl groups excluding tert-OH is 2. The molecule has 2 rings (SSSR count). The van der Waals surface area contributed by atoms with E-state index >= 15 is 0 Å². The Balaban J connectivity index is 2.50. The van der Waals surface area contributed by atoms with Gasteiger partial charge in [-0.1, -0.05) is 54.6 Å². The summed E-state index contributed by atoms with van der Waals surface area (Å²) in [7, 11) is 0. The highest BCUT2D eigenvalue weighted by atomic mass is 16.5. The molecule has 0 bridgehead atoms. The van der Waals surface area contributed by atoms with E-state index < -0.39 is 5.95 Å². The van der Waals surface area contributed by atoms with Crippen molar-refractivity contribution < 1.29 is 15.3 Å². The van der Waals surface area contributed by atoms with Crippen LogP contribution in [0.3, 0.4) is 0 Å². The van der Waals surface area contributed by atoms with Crippen molar-refractivity contribution in [1.29, 1.82) is 0 Å². The van der Waals surface area contributed by atoms with Gasteiger partial charge < -0.3 is 15.3 Å². The summed E-state index contributed by atoms with van der Waals surface area (Å²) in [4.78, 5) is 0. The Morgan fingerprint density at radius 2 is 1.32 bits per heavy atom. The van der Waals surface area contributed by atoms with Crippen LogP contribution < -0.4 is 10.4 Å². The molecule has 96 valence electrons. The van der Waals surface area contributed by atoms with Crippen LogP contribution in [0.4, 0.5) is 0 Å². The van der Waals surface area contributed by atoms with Crippen molar-refractivity contribution in [3.05, 3.63) is 76.7 Å². The minimum atomic E-state index is -0.810. The molecule has 0 aliphatic carbocycles. The van der Waals surface area contributed by atoms with Crippen molar-refractivity contribution in [3.63, 3.8) is 0 Å². The van der Waals surface area contributed by atoms with E-state index in [0.717, 1.165) is 5.56 Å². The topological polar surface area (TPSA) is 60.7 Å². The van der Waals surface area contributed by atoms with Gasteiger partial charge in [0.05, 0.1) is 5.22 Å². The first-order valence-electron chi connectivity index (χ1n) is 5.82. The van der Waals surface area contributed by atoms with Crippen LogP contribution in [0.5, 0.6) is 0 Å². The van der Waals surface area contributed by atoms with Crippen LogP contribution in [0.25, 0.3) is 17.8 Å². The molecule has 0 saturated carbocycles. The highest BCUT2D eigenvalue weighted by Crippen LogP contribution is 2.02. The molecule has 0 unspecified atom stereocenters. The molecule has 0 aliphatic rings. The summed E-state index contributed by atoms with van der Waals surface area (Å²) in [5.41, 5.74) is 0.948. The highest BCUT2D eigenvalue weighted by Gasteiger charge is 1.96. The van der Waals surface area contributed by atoms with Gasteiger partial charge in [0.25, 0.3) is 5.95 Å². The third kappa shape index (κ3) is 3.16. The van der Waals surface area contributed by atoms with Gasteiger partial charge in [0.15, 0.2) is 0 Å². The Bertz CT molecular complexity index is 696. The largest absolute Gasteiger partial charge is 0.507 e. The normalized spacial score (nSPS) is 12.4. The lowest BCUT2D eigenvalue weighted by Gasteiger charge is -1.96. The number of hydrogen-bond donors (Lipinski definition) is 3. The Kier molecular flexibility index (Phi) is 3.88. The summed E-state index contributed by atoms with van der Waals surface area (Å²) in [6.07, 6.45) is 3.28. The van der Waals surface area contributed by atoms with Crippen molar-refractivity contribution >= 4 is 17.8 Å². The smallest absolute Gasteiger partial charge is 0.282 e.